The van der Waals surface area contributed by atoms with Gasteiger partial charge in [-0.05, 0) is 38.5 Å². The molecule has 0 spiro atoms. The summed E-state index contributed by atoms with van der Waals surface area (Å²) in [6, 6.07) is -0.841. The summed E-state index contributed by atoms with van der Waals surface area (Å²) in [5.41, 5.74) is -0.134. The van der Waals surface area contributed by atoms with Crippen molar-refractivity contribution in [3.63, 3.8) is 0 Å². The molecule has 45 heavy (non-hydrogen) atoms. The summed E-state index contributed by atoms with van der Waals surface area (Å²) in [5.74, 6) is -2.28. The Bertz CT molecular complexity index is 931. The molecule has 2 amide bonds. The summed E-state index contributed by atoms with van der Waals surface area (Å²) in [6.45, 7) is 12.0. The van der Waals surface area contributed by atoms with Gasteiger partial charge >= 0.3 is 5.97 Å². The van der Waals surface area contributed by atoms with Gasteiger partial charge in [0, 0.05) is 13.5 Å². The molecule has 2 fully saturated rings. The normalized spacial score (nSPS) is 26.2. The molecule has 2 aliphatic rings. The number of unbranched alkanes of at least 4 members (excludes halogenated alkanes) is 10. The summed E-state index contributed by atoms with van der Waals surface area (Å²) in [5, 5.41) is 16.6. The van der Waals surface area contributed by atoms with Gasteiger partial charge < -0.3 is 34.7 Å². The number of methoxy groups -OCH3 is 1. The van der Waals surface area contributed by atoms with Crippen LogP contribution in [0.25, 0.3) is 0 Å². The number of rotatable bonds is 18. The van der Waals surface area contributed by atoms with Crippen molar-refractivity contribution in [2.24, 2.45) is 5.41 Å². The predicted octanol–water partition coefficient (Wildman–Crippen LogP) is 5.49. The van der Waals surface area contributed by atoms with Crippen molar-refractivity contribution < 1.29 is 38.4 Å². The number of carbonyl (C=O) groups is 3. The van der Waals surface area contributed by atoms with Gasteiger partial charge in [0.1, 0.15) is 30.5 Å². The maximum absolute atomic E-state index is 13.4. The Labute approximate surface area is 271 Å². The fourth-order valence-electron chi connectivity index (χ4n) is 5.77. The van der Waals surface area contributed by atoms with E-state index in [1.54, 1.807) is 19.9 Å². The molecule has 0 radical (unpaired) electrons. The van der Waals surface area contributed by atoms with Crippen LogP contribution in [-0.2, 0) is 33.3 Å². The van der Waals surface area contributed by atoms with Crippen LogP contribution in [0.5, 0.6) is 0 Å². The van der Waals surface area contributed by atoms with Crippen LogP contribution in [0.2, 0.25) is 0 Å². The summed E-state index contributed by atoms with van der Waals surface area (Å²) in [6.07, 6.45) is 13.6. The van der Waals surface area contributed by atoms with E-state index in [0.29, 0.717) is 19.3 Å². The number of carbonyl (C=O) groups excluding carboxylic acids is 3. The number of nitrogens with one attached hydrogen (secondary N) is 2. The topological polar surface area (TPSA) is 132 Å². The number of hydrogen-bond acceptors (Lipinski definition) is 8. The van der Waals surface area contributed by atoms with E-state index in [9.17, 15) is 19.5 Å². The molecule has 0 aromatic heterocycles. The first-order valence-electron chi connectivity index (χ1n) is 17.3. The van der Waals surface area contributed by atoms with Crippen molar-refractivity contribution in [3.05, 3.63) is 12.2 Å². The van der Waals surface area contributed by atoms with E-state index in [1.165, 1.54) is 58.5 Å². The molecule has 2 saturated heterocycles. The van der Waals surface area contributed by atoms with Crippen molar-refractivity contribution in [3.8, 4) is 0 Å². The number of aliphatic hydroxyl groups excluding tert-OH is 1. The largest absolute Gasteiger partial charge is 0.460 e. The first-order valence-corrected chi connectivity index (χ1v) is 17.3. The Morgan fingerprint density at radius 1 is 1.02 bits per heavy atom. The third-order valence-corrected chi connectivity index (χ3v) is 8.31. The summed E-state index contributed by atoms with van der Waals surface area (Å²) >= 11 is 0. The number of aliphatic hydroxyl groups is 1. The minimum Gasteiger partial charge on any atom is -0.460 e. The Kier molecular flexibility index (Phi) is 17.1. The van der Waals surface area contributed by atoms with Gasteiger partial charge in [0.15, 0.2) is 11.9 Å². The summed E-state index contributed by atoms with van der Waals surface area (Å²) in [7, 11) is 1.36. The van der Waals surface area contributed by atoms with Gasteiger partial charge in [-0.25, -0.2) is 0 Å². The molecule has 260 valence electrons. The minimum atomic E-state index is -1.19. The lowest BCUT2D eigenvalue weighted by Gasteiger charge is -2.45. The van der Waals surface area contributed by atoms with Gasteiger partial charge in [-0.2, -0.15) is 0 Å². The zero-order valence-electron chi connectivity index (χ0n) is 29.0. The van der Waals surface area contributed by atoms with Crippen LogP contribution in [-0.4, -0.2) is 78.9 Å². The molecule has 0 aliphatic carbocycles. The molecule has 2 aliphatic heterocycles. The van der Waals surface area contributed by atoms with E-state index < -0.39 is 48.3 Å². The standard InChI is InChI=1S/C35H62N2O8/c1-8-9-10-11-12-13-14-15-16-17-18-19-28(38)43-25-20-21-26(32(40)36-24-25)37-33(41)31(42-7)30-29(39)27(22-23-34(2,3)4)44-35(5,6)45-30/h22-23,25-27,29-31,39H,8-21,24H2,1-7H3,(H,36,40)(H,37,41)/b23-22+/t25-,26+,27-,29+,30-,31-/m1/s1. The molecule has 3 N–H and O–H groups in total. The number of amides is 2. The van der Waals surface area contributed by atoms with Gasteiger partial charge in [0.05, 0.1) is 6.54 Å². The van der Waals surface area contributed by atoms with Gasteiger partial charge in [0.2, 0.25) is 5.91 Å². The molecule has 0 saturated carbocycles. The fourth-order valence-corrected chi connectivity index (χ4v) is 5.77. The highest BCUT2D eigenvalue weighted by molar-refractivity contribution is 5.90. The molecule has 10 nitrogen and oxygen atoms in total. The minimum absolute atomic E-state index is 0.134. The van der Waals surface area contributed by atoms with Crippen LogP contribution in [0.15, 0.2) is 12.2 Å². The molecule has 6 atom stereocenters. The Morgan fingerprint density at radius 3 is 2.20 bits per heavy atom. The highest BCUT2D eigenvalue weighted by Gasteiger charge is 2.48. The van der Waals surface area contributed by atoms with Crippen molar-refractivity contribution in [1.82, 2.24) is 10.6 Å². The monoisotopic (exact) mass is 638 g/mol. The summed E-state index contributed by atoms with van der Waals surface area (Å²) < 4.78 is 23.0. The van der Waals surface area contributed by atoms with E-state index in [0.717, 1.165) is 19.3 Å². The van der Waals surface area contributed by atoms with Gasteiger partial charge in [-0.15, -0.1) is 0 Å². The van der Waals surface area contributed by atoms with Gasteiger partial charge in [-0.1, -0.05) is 104 Å². The Morgan fingerprint density at radius 2 is 1.62 bits per heavy atom. The SMILES string of the molecule is CCCCCCCCCCCCCC(=O)O[C@@H]1CC[C@H](NC(=O)[C@H](OC)[C@@H]2OC(C)(C)O[C@H](/C=C/C(C)(C)C)[C@@H]2O)C(=O)NC1. The fraction of sp³-hybridized carbons (Fsp3) is 0.857. The maximum Gasteiger partial charge on any atom is 0.306 e. The highest BCUT2D eigenvalue weighted by Crippen LogP contribution is 2.31. The second-order valence-electron chi connectivity index (χ2n) is 14.2. The van der Waals surface area contributed by atoms with E-state index in [2.05, 4.69) is 17.6 Å². The lowest BCUT2D eigenvalue weighted by Crippen LogP contribution is -2.62. The first-order chi connectivity index (χ1) is 21.3. The smallest absolute Gasteiger partial charge is 0.306 e. The van der Waals surface area contributed by atoms with Crippen molar-refractivity contribution in [2.75, 3.05) is 13.7 Å². The predicted molar refractivity (Wildman–Crippen MR) is 174 cm³/mol. The number of ether oxygens (including phenoxy) is 4. The molecule has 0 aromatic carbocycles. The zero-order valence-corrected chi connectivity index (χ0v) is 29.0. The molecule has 0 aromatic rings. The lowest BCUT2D eigenvalue weighted by atomic mass is 9.93. The first kappa shape index (κ1) is 39.2. The van der Waals surface area contributed by atoms with Crippen molar-refractivity contribution in [2.45, 2.75) is 174 Å². The maximum atomic E-state index is 13.4. The zero-order chi connectivity index (χ0) is 33.5. The molecule has 2 heterocycles. The van der Waals surface area contributed by atoms with Gasteiger partial charge in [-0.3, -0.25) is 14.4 Å². The lowest BCUT2D eigenvalue weighted by molar-refractivity contribution is -0.334. The average Bonchev–Trinajstić information content (AvgIpc) is 3.13. The van der Waals surface area contributed by atoms with E-state index in [4.69, 9.17) is 18.9 Å². The molecule has 10 heteroatoms. The van der Waals surface area contributed by atoms with Gasteiger partial charge in [0.25, 0.3) is 5.91 Å². The average molecular weight is 639 g/mol. The Balaban J connectivity index is 1.80. The van der Waals surface area contributed by atoms with Crippen LogP contribution in [0, 0.1) is 5.41 Å². The molecule has 2 rings (SSSR count). The molecular formula is C35H62N2O8. The third-order valence-electron chi connectivity index (χ3n) is 8.31. The number of allylic oxidation sites excluding steroid dienone is 1. The number of hydrogen-bond donors (Lipinski definition) is 3. The summed E-state index contributed by atoms with van der Waals surface area (Å²) in [4.78, 5) is 38.7. The second-order valence-corrected chi connectivity index (χ2v) is 14.2. The van der Waals surface area contributed by atoms with E-state index >= 15 is 0 Å². The molecule has 0 bridgehead atoms. The van der Waals surface area contributed by atoms with Crippen LogP contribution in [0.3, 0.4) is 0 Å². The van der Waals surface area contributed by atoms with Crippen LogP contribution in [0.1, 0.15) is 131 Å². The van der Waals surface area contributed by atoms with Crippen molar-refractivity contribution in [1.29, 1.82) is 0 Å². The van der Waals surface area contributed by atoms with Crippen LogP contribution >= 0.6 is 0 Å². The number of esters is 1. The van der Waals surface area contributed by atoms with Crippen molar-refractivity contribution >= 4 is 17.8 Å². The van der Waals surface area contributed by atoms with Crippen LogP contribution in [0.4, 0.5) is 0 Å². The van der Waals surface area contributed by atoms with E-state index in [1.807, 2.05) is 26.8 Å². The third kappa shape index (κ3) is 15.0. The Hall–Kier alpha value is -2.01. The molecular weight excluding hydrogens is 576 g/mol. The van der Waals surface area contributed by atoms with E-state index in [-0.39, 0.29) is 23.8 Å². The second kappa shape index (κ2) is 19.6. The highest BCUT2D eigenvalue weighted by atomic mass is 16.7. The molecule has 0 unspecified atom stereocenters. The quantitative estimate of drug-likeness (QED) is 0.102. The van der Waals surface area contributed by atoms with Crippen LogP contribution < -0.4 is 10.6 Å².